The maximum absolute atomic E-state index is 11.2. The Morgan fingerprint density at radius 3 is 2.60 bits per heavy atom. The Morgan fingerprint density at radius 1 is 1.47 bits per heavy atom. The standard InChI is InChI=1S/C11H15NO3/c1-2-15-11(14)7-10(12)8-3-5-9(13)6-4-8/h3-6,10,13H,2,7,12H2,1H3/p+1/t10-/m0/s1. The van der Waals surface area contributed by atoms with Crippen LogP contribution < -0.4 is 5.73 Å². The fourth-order valence-electron chi connectivity index (χ4n) is 1.29. The van der Waals surface area contributed by atoms with E-state index in [2.05, 4.69) is 5.73 Å². The van der Waals surface area contributed by atoms with Gasteiger partial charge < -0.3 is 15.6 Å². The average Bonchev–Trinajstić information content (AvgIpc) is 2.18. The van der Waals surface area contributed by atoms with Gasteiger partial charge in [0.15, 0.2) is 0 Å². The molecule has 1 aromatic rings. The van der Waals surface area contributed by atoms with E-state index in [0.717, 1.165) is 5.56 Å². The third kappa shape index (κ3) is 3.59. The monoisotopic (exact) mass is 210 g/mol. The molecule has 4 nitrogen and oxygen atoms in total. The largest absolute Gasteiger partial charge is 0.508 e. The Hall–Kier alpha value is -1.55. The molecule has 0 aliphatic rings. The number of carbonyl (C=O) groups excluding carboxylic acids is 1. The number of esters is 1. The molecule has 0 spiro atoms. The van der Waals surface area contributed by atoms with E-state index in [-0.39, 0.29) is 24.2 Å². The number of benzene rings is 1. The van der Waals surface area contributed by atoms with E-state index in [0.29, 0.717) is 6.61 Å². The van der Waals surface area contributed by atoms with Crippen LogP contribution in [0.25, 0.3) is 0 Å². The van der Waals surface area contributed by atoms with Crippen LogP contribution in [0.5, 0.6) is 5.75 Å². The number of phenols is 1. The first-order valence-electron chi connectivity index (χ1n) is 4.91. The number of ether oxygens (including phenoxy) is 1. The molecule has 0 saturated carbocycles. The summed E-state index contributed by atoms with van der Waals surface area (Å²) in [5.41, 5.74) is 4.80. The lowest BCUT2D eigenvalue weighted by atomic mass is 10.0. The van der Waals surface area contributed by atoms with Crippen LogP contribution in [0.4, 0.5) is 0 Å². The Labute approximate surface area is 88.7 Å². The molecule has 1 atom stereocenters. The van der Waals surface area contributed by atoms with Gasteiger partial charge in [-0.2, -0.15) is 0 Å². The fourth-order valence-corrected chi connectivity index (χ4v) is 1.29. The second-order valence-electron chi connectivity index (χ2n) is 3.30. The van der Waals surface area contributed by atoms with E-state index >= 15 is 0 Å². The lowest BCUT2D eigenvalue weighted by molar-refractivity contribution is -0.425. The van der Waals surface area contributed by atoms with Crippen LogP contribution >= 0.6 is 0 Å². The van der Waals surface area contributed by atoms with Gasteiger partial charge >= 0.3 is 5.97 Å². The molecule has 0 saturated heterocycles. The van der Waals surface area contributed by atoms with Gasteiger partial charge in [0.2, 0.25) is 0 Å². The minimum atomic E-state index is -0.245. The van der Waals surface area contributed by atoms with Gasteiger partial charge in [-0.05, 0) is 31.2 Å². The summed E-state index contributed by atoms with van der Waals surface area (Å²) in [6.07, 6.45) is 0.263. The van der Waals surface area contributed by atoms with Crippen LogP contribution in [-0.4, -0.2) is 17.7 Å². The lowest BCUT2D eigenvalue weighted by Crippen LogP contribution is -2.54. The van der Waals surface area contributed by atoms with Gasteiger partial charge in [0, 0.05) is 5.56 Å². The predicted molar refractivity (Wildman–Crippen MR) is 55.0 cm³/mol. The molecule has 0 aliphatic heterocycles. The first-order chi connectivity index (χ1) is 7.13. The normalized spacial score (nSPS) is 12.1. The number of hydrogen-bond acceptors (Lipinski definition) is 3. The molecule has 4 heteroatoms. The van der Waals surface area contributed by atoms with Crippen LogP contribution in [0.2, 0.25) is 0 Å². The number of rotatable bonds is 4. The molecule has 0 amide bonds. The zero-order valence-corrected chi connectivity index (χ0v) is 8.77. The number of hydrogen-bond donors (Lipinski definition) is 2. The molecule has 1 aromatic carbocycles. The third-order valence-corrected chi connectivity index (χ3v) is 2.08. The van der Waals surface area contributed by atoms with Crippen molar-refractivity contribution in [3.05, 3.63) is 29.8 Å². The SMILES string of the molecule is CCOC(=O)C[C@H]([NH3+])c1ccc(O)cc1. The van der Waals surface area contributed by atoms with Crippen LogP contribution in [0.1, 0.15) is 24.9 Å². The fraction of sp³-hybridized carbons (Fsp3) is 0.364. The van der Waals surface area contributed by atoms with Crippen LogP contribution in [0.3, 0.4) is 0 Å². The number of quaternary nitrogens is 1. The van der Waals surface area contributed by atoms with Crippen molar-refractivity contribution < 1.29 is 20.4 Å². The van der Waals surface area contributed by atoms with E-state index in [1.54, 1.807) is 31.2 Å². The van der Waals surface area contributed by atoms with E-state index in [9.17, 15) is 4.79 Å². The van der Waals surface area contributed by atoms with Crippen molar-refractivity contribution in [1.82, 2.24) is 0 Å². The highest BCUT2D eigenvalue weighted by atomic mass is 16.5. The van der Waals surface area contributed by atoms with Crippen LogP contribution in [0.15, 0.2) is 24.3 Å². The summed E-state index contributed by atoms with van der Waals surface area (Å²) in [6, 6.07) is 6.54. The quantitative estimate of drug-likeness (QED) is 0.716. The smallest absolute Gasteiger partial charge is 0.312 e. The first kappa shape index (κ1) is 11.5. The highest BCUT2D eigenvalue weighted by Gasteiger charge is 2.15. The second-order valence-corrected chi connectivity index (χ2v) is 3.30. The molecule has 0 bridgehead atoms. The molecule has 0 aliphatic carbocycles. The highest BCUT2D eigenvalue weighted by molar-refractivity contribution is 5.70. The minimum absolute atomic E-state index is 0.135. The molecule has 0 radical (unpaired) electrons. The maximum Gasteiger partial charge on any atom is 0.312 e. The second kappa shape index (κ2) is 5.36. The zero-order chi connectivity index (χ0) is 11.3. The van der Waals surface area contributed by atoms with Crippen molar-refractivity contribution >= 4 is 5.97 Å². The minimum Gasteiger partial charge on any atom is -0.508 e. The van der Waals surface area contributed by atoms with E-state index in [4.69, 9.17) is 9.84 Å². The van der Waals surface area contributed by atoms with Gasteiger partial charge in [-0.15, -0.1) is 0 Å². The number of aromatic hydroxyl groups is 1. The molecular formula is C11H16NO3+. The molecule has 0 aromatic heterocycles. The van der Waals surface area contributed by atoms with Crippen molar-refractivity contribution in [2.24, 2.45) is 0 Å². The summed E-state index contributed by atoms with van der Waals surface area (Å²) < 4.78 is 4.83. The lowest BCUT2D eigenvalue weighted by Gasteiger charge is -2.08. The molecule has 1 rings (SSSR count). The first-order valence-corrected chi connectivity index (χ1v) is 4.91. The number of phenolic OH excluding ortho intramolecular Hbond substituents is 1. The summed E-state index contributed by atoms with van der Waals surface area (Å²) >= 11 is 0. The van der Waals surface area contributed by atoms with Gasteiger partial charge in [0.05, 0.1) is 6.61 Å². The van der Waals surface area contributed by atoms with E-state index < -0.39 is 0 Å². The molecule has 15 heavy (non-hydrogen) atoms. The average molecular weight is 210 g/mol. The molecular weight excluding hydrogens is 194 g/mol. The topological polar surface area (TPSA) is 74.2 Å². The maximum atomic E-state index is 11.2. The van der Waals surface area contributed by atoms with Gasteiger partial charge in [-0.25, -0.2) is 0 Å². The van der Waals surface area contributed by atoms with Gasteiger partial charge in [-0.3, -0.25) is 4.79 Å². The predicted octanol–water partition coefficient (Wildman–Crippen LogP) is 0.628. The van der Waals surface area contributed by atoms with E-state index in [1.807, 2.05) is 0 Å². The van der Waals surface area contributed by atoms with Crippen molar-refractivity contribution in [3.8, 4) is 5.75 Å². The summed E-state index contributed by atoms with van der Waals surface area (Å²) in [5, 5.41) is 9.09. The summed E-state index contributed by atoms with van der Waals surface area (Å²) in [7, 11) is 0. The Balaban J connectivity index is 2.57. The summed E-state index contributed by atoms with van der Waals surface area (Å²) in [5.74, 6) is -0.0346. The molecule has 0 fully saturated rings. The van der Waals surface area contributed by atoms with Gasteiger partial charge in [0.25, 0.3) is 0 Å². The highest BCUT2D eigenvalue weighted by Crippen LogP contribution is 2.16. The summed E-state index contributed by atoms with van der Waals surface area (Å²) in [6.45, 7) is 2.16. The van der Waals surface area contributed by atoms with Crippen molar-refractivity contribution in [1.29, 1.82) is 0 Å². The van der Waals surface area contributed by atoms with Crippen LogP contribution in [-0.2, 0) is 9.53 Å². The Morgan fingerprint density at radius 2 is 2.07 bits per heavy atom. The Kier molecular flexibility index (Phi) is 4.12. The van der Waals surface area contributed by atoms with Crippen molar-refractivity contribution in [3.63, 3.8) is 0 Å². The summed E-state index contributed by atoms with van der Waals surface area (Å²) in [4.78, 5) is 11.2. The van der Waals surface area contributed by atoms with Gasteiger partial charge in [-0.1, -0.05) is 0 Å². The van der Waals surface area contributed by atoms with Crippen molar-refractivity contribution in [2.45, 2.75) is 19.4 Å². The molecule has 82 valence electrons. The zero-order valence-electron chi connectivity index (χ0n) is 8.77. The number of carbonyl (C=O) groups is 1. The molecule has 4 N–H and O–H groups in total. The molecule has 0 heterocycles. The van der Waals surface area contributed by atoms with E-state index in [1.165, 1.54) is 0 Å². The van der Waals surface area contributed by atoms with Gasteiger partial charge in [0.1, 0.15) is 18.2 Å². The van der Waals surface area contributed by atoms with Crippen LogP contribution in [0, 0.1) is 0 Å². The third-order valence-electron chi connectivity index (χ3n) is 2.08. The Bertz CT molecular complexity index is 321. The van der Waals surface area contributed by atoms with Crippen molar-refractivity contribution in [2.75, 3.05) is 6.61 Å². The molecule has 0 unspecified atom stereocenters.